The van der Waals surface area contributed by atoms with Gasteiger partial charge in [0.15, 0.2) is 0 Å². The van der Waals surface area contributed by atoms with Crippen molar-refractivity contribution in [3.05, 3.63) is 23.8 Å². The van der Waals surface area contributed by atoms with Crippen LogP contribution in [-0.2, 0) is 4.79 Å². The normalized spacial score (nSPS) is 10.2. The Morgan fingerprint density at radius 3 is 2.82 bits per heavy atom. The third-order valence-corrected chi connectivity index (χ3v) is 3.56. The largest absolute Gasteiger partial charge is 0.398 e. The van der Waals surface area contributed by atoms with Gasteiger partial charge in [0, 0.05) is 17.0 Å². The van der Waals surface area contributed by atoms with Gasteiger partial charge in [0.05, 0.1) is 0 Å². The average molecular weight is 253 g/mol. The zero-order chi connectivity index (χ0) is 12.7. The Morgan fingerprint density at radius 2 is 2.18 bits per heavy atom. The second-order valence-corrected chi connectivity index (χ2v) is 5.05. The Labute approximate surface area is 106 Å². The molecule has 0 bridgehead atoms. The maximum atomic E-state index is 10.9. The van der Waals surface area contributed by atoms with Crippen molar-refractivity contribution in [3.63, 3.8) is 0 Å². The fourth-order valence-corrected chi connectivity index (χ4v) is 2.40. The number of carbonyl (C=O) groups excluding carboxylic acids is 1. The molecule has 94 valence electrons. The van der Waals surface area contributed by atoms with Gasteiger partial charge in [-0.25, -0.2) is 5.84 Å². The number of nitrogens with one attached hydrogen (secondary N) is 1. The van der Waals surface area contributed by atoms with E-state index < -0.39 is 0 Å². The van der Waals surface area contributed by atoms with E-state index in [1.807, 2.05) is 19.1 Å². The topological polar surface area (TPSA) is 81.1 Å². The molecule has 1 rings (SSSR count). The lowest BCUT2D eigenvalue weighted by molar-refractivity contribution is -0.121. The Hall–Kier alpha value is -1.20. The van der Waals surface area contributed by atoms with Crippen LogP contribution in [0, 0.1) is 6.92 Å². The van der Waals surface area contributed by atoms with E-state index >= 15 is 0 Å². The van der Waals surface area contributed by atoms with Crippen LogP contribution < -0.4 is 17.0 Å². The van der Waals surface area contributed by atoms with Crippen molar-refractivity contribution in [2.75, 3.05) is 11.5 Å². The Balaban J connectivity index is 2.24. The van der Waals surface area contributed by atoms with E-state index in [1.54, 1.807) is 11.8 Å². The van der Waals surface area contributed by atoms with Crippen LogP contribution in [0.3, 0.4) is 0 Å². The zero-order valence-corrected chi connectivity index (χ0v) is 10.8. The van der Waals surface area contributed by atoms with Gasteiger partial charge in [-0.2, -0.15) is 0 Å². The van der Waals surface area contributed by atoms with Gasteiger partial charge in [0.25, 0.3) is 0 Å². The van der Waals surface area contributed by atoms with E-state index in [4.69, 9.17) is 11.6 Å². The molecule has 0 atom stereocenters. The number of unbranched alkanes of at least 4 members (excludes halogenated alkanes) is 1. The van der Waals surface area contributed by atoms with Crippen molar-refractivity contribution in [2.45, 2.75) is 31.1 Å². The van der Waals surface area contributed by atoms with Gasteiger partial charge in [-0.1, -0.05) is 6.07 Å². The highest BCUT2D eigenvalue weighted by Gasteiger charge is 2.01. The standard InChI is InChI=1S/C12H19N3OS/c1-9-5-6-11(10(13)8-9)17-7-3-2-4-12(16)15-14/h5-6,8H,2-4,7,13-14H2,1H3,(H,15,16). The number of hydrogen-bond acceptors (Lipinski definition) is 4. The summed E-state index contributed by atoms with van der Waals surface area (Å²) in [5, 5.41) is 0. The number of nitrogen functional groups attached to an aromatic ring is 1. The lowest BCUT2D eigenvalue weighted by Gasteiger charge is -2.06. The first kappa shape index (κ1) is 13.9. The molecule has 0 fully saturated rings. The number of anilines is 1. The predicted octanol–water partition coefficient (Wildman–Crippen LogP) is 1.83. The molecule has 4 nitrogen and oxygen atoms in total. The number of rotatable bonds is 6. The van der Waals surface area contributed by atoms with Crippen LogP contribution >= 0.6 is 11.8 Å². The fraction of sp³-hybridized carbons (Fsp3) is 0.417. The number of aryl methyl sites for hydroxylation is 1. The zero-order valence-electron chi connectivity index (χ0n) is 10.0. The average Bonchev–Trinajstić information content (AvgIpc) is 2.30. The number of hydrazine groups is 1. The molecule has 1 amide bonds. The highest BCUT2D eigenvalue weighted by molar-refractivity contribution is 7.99. The van der Waals surface area contributed by atoms with E-state index in [0.717, 1.165) is 29.2 Å². The number of hydrogen-bond donors (Lipinski definition) is 3. The summed E-state index contributed by atoms with van der Waals surface area (Å²) in [6.45, 7) is 2.02. The molecular formula is C12H19N3OS. The number of nitrogens with two attached hydrogens (primary N) is 2. The minimum absolute atomic E-state index is 0.107. The highest BCUT2D eigenvalue weighted by atomic mass is 32.2. The second kappa shape index (κ2) is 7.19. The number of carbonyl (C=O) groups is 1. The lowest BCUT2D eigenvalue weighted by atomic mass is 10.2. The van der Waals surface area contributed by atoms with Crippen LogP contribution in [0.1, 0.15) is 24.8 Å². The molecular weight excluding hydrogens is 234 g/mol. The molecule has 0 saturated heterocycles. The Kier molecular flexibility index (Phi) is 5.86. The fourth-order valence-electron chi connectivity index (χ4n) is 1.44. The lowest BCUT2D eigenvalue weighted by Crippen LogP contribution is -2.29. The summed E-state index contributed by atoms with van der Waals surface area (Å²) in [4.78, 5) is 12.0. The van der Waals surface area contributed by atoms with Gasteiger partial charge in [-0.05, 0) is 43.2 Å². The molecule has 0 aliphatic carbocycles. The summed E-state index contributed by atoms with van der Waals surface area (Å²) in [6, 6.07) is 6.08. The van der Waals surface area contributed by atoms with Crippen molar-refractivity contribution in [1.82, 2.24) is 5.43 Å². The summed E-state index contributed by atoms with van der Waals surface area (Å²) < 4.78 is 0. The minimum Gasteiger partial charge on any atom is -0.398 e. The van der Waals surface area contributed by atoms with Crippen LogP contribution in [0.5, 0.6) is 0 Å². The first-order chi connectivity index (χ1) is 8.13. The van der Waals surface area contributed by atoms with Crippen molar-refractivity contribution in [2.24, 2.45) is 5.84 Å². The molecule has 0 heterocycles. The molecule has 0 aliphatic heterocycles. The van der Waals surface area contributed by atoms with E-state index in [0.29, 0.717) is 6.42 Å². The Bertz CT molecular complexity index is 382. The van der Waals surface area contributed by atoms with Gasteiger partial charge in [0.2, 0.25) is 5.91 Å². The van der Waals surface area contributed by atoms with E-state index in [1.165, 1.54) is 5.56 Å². The maximum absolute atomic E-state index is 10.9. The van der Waals surface area contributed by atoms with Crippen LogP contribution in [0.4, 0.5) is 5.69 Å². The molecule has 0 unspecified atom stereocenters. The summed E-state index contributed by atoms with van der Waals surface area (Å²) in [5.74, 6) is 5.85. The molecule has 0 saturated carbocycles. The van der Waals surface area contributed by atoms with Gasteiger partial charge in [-0.15, -0.1) is 11.8 Å². The second-order valence-electron chi connectivity index (χ2n) is 3.91. The molecule has 17 heavy (non-hydrogen) atoms. The van der Waals surface area contributed by atoms with Crippen LogP contribution in [0.2, 0.25) is 0 Å². The van der Waals surface area contributed by atoms with Crippen LogP contribution in [-0.4, -0.2) is 11.7 Å². The van der Waals surface area contributed by atoms with Crippen molar-refractivity contribution in [1.29, 1.82) is 0 Å². The van der Waals surface area contributed by atoms with E-state index in [-0.39, 0.29) is 5.91 Å². The summed E-state index contributed by atoms with van der Waals surface area (Å²) in [6.07, 6.45) is 2.31. The van der Waals surface area contributed by atoms with Gasteiger partial charge in [0.1, 0.15) is 0 Å². The smallest absolute Gasteiger partial charge is 0.233 e. The maximum Gasteiger partial charge on any atom is 0.233 e. The molecule has 5 N–H and O–H groups in total. The summed E-state index contributed by atoms with van der Waals surface area (Å²) in [5.41, 5.74) is 10.0. The molecule has 1 aromatic rings. The van der Waals surface area contributed by atoms with Crippen molar-refractivity contribution >= 4 is 23.4 Å². The third-order valence-electron chi connectivity index (χ3n) is 2.38. The predicted molar refractivity (Wildman–Crippen MR) is 72.5 cm³/mol. The molecule has 5 heteroatoms. The van der Waals surface area contributed by atoms with Crippen molar-refractivity contribution < 1.29 is 4.79 Å². The van der Waals surface area contributed by atoms with Crippen molar-refractivity contribution in [3.8, 4) is 0 Å². The first-order valence-electron chi connectivity index (χ1n) is 5.62. The van der Waals surface area contributed by atoms with Crippen LogP contribution in [0.15, 0.2) is 23.1 Å². The molecule has 0 aliphatic rings. The van der Waals surface area contributed by atoms with Gasteiger partial charge >= 0.3 is 0 Å². The number of thioether (sulfide) groups is 1. The molecule has 0 aromatic heterocycles. The SMILES string of the molecule is Cc1ccc(SCCCCC(=O)NN)c(N)c1. The van der Waals surface area contributed by atoms with Crippen LogP contribution in [0.25, 0.3) is 0 Å². The molecule has 0 spiro atoms. The quantitative estimate of drug-likeness (QED) is 0.180. The highest BCUT2D eigenvalue weighted by Crippen LogP contribution is 2.26. The number of amides is 1. The van der Waals surface area contributed by atoms with E-state index in [9.17, 15) is 4.79 Å². The number of benzene rings is 1. The third kappa shape index (κ3) is 5.10. The van der Waals surface area contributed by atoms with Gasteiger partial charge in [-0.3, -0.25) is 10.2 Å². The summed E-state index contributed by atoms with van der Waals surface area (Å²) >= 11 is 1.73. The first-order valence-corrected chi connectivity index (χ1v) is 6.60. The Morgan fingerprint density at radius 1 is 1.41 bits per heavy atom. The molecule has 1 aromatic carbocycles. The summed E-state index contributed by atoms with van der Waals surface area (Å²) in [7, 11) is 0. The van der Waals surface area contributed by atoms with E-state index in [2.05, 4.69) is 11.5 Å². The molecule has 0 radical (unpaired) electrons. The monoisotopic (exact) mass is 253 g/mol. The minimum atomic E-state index is -0.107. The van der Waals surface area contributed by atoms with Gasteiger partial charge < -0.3 is 5.73 Å².